The maximum absolute atomic E-state index is 12.5. The lowest BCUT2D eigenvalue weighted by atomic mass is 10.1. The molecule has 0 aliphatic carbocycles. The van der Waals surface area contributed by atoms with E-state index in [9.17, 15) is 4.79 Å². The molecule has 1 aromatic heterocycles. The van der Waals surface area contributed by atoms with E-state index in [0.717, 1.165) is 60.5 Å². The highest BCUT2D eigenvalue weighted by Crippen LogP contribution is 2.28. The monoisotopic (exact) mass is 423 g/mol. The van der Waals surface area contributed by atoms with Crippen LogP contribution in [0.3, 0.4) is 0 Å². The van der Waals surface area contributed by atoms with Crippen molar-refractivity contribution in [3.63, 3.8) is 0 Å². The van der Waals surface area contributed by atoms with Crippen molar-refractivity contribution in [3.05, 3.63) is 59.5 Å². The molecule has 0 atom stereocenters. The van der Waals surface area contributed by atoms with Gasteiger partial charge in [0.15, 0.2) is 5.13 Å². The maximum atomic E-state index is 12.5. The Hall–Kier alpha value is -2.90. The van der Waals surface area contributed by atoms with Gasteiger partial charge in [-0.2, -0.15) is 0 Å². The van der Waals surface area contributed by atoms with Crippen LogP contribution in [0, 0.1) is 0 Å². The van der Waals surface area contributed by atoms with Gasteiger partial charge >= 0.3 is 0 Å². The van der Waals surface area contributed by atoms with Gasteiger partial charge in [-0.15, -0.1) is 11.3 Å². The van der Waals surface area contributed by atoms with Crippen LogP contribution in [-0.4, -0.2) is 43.8 Å². The first-order valence-corrected chi connectivity index (χ1v) is 11.0. The number of benzene rings is 2. The van der Waals surface area contributed by atoms with E-state index in [0.29, 0.717) is 12.2 Å². The van der Waals surface area contributed by atoms with Crippen molar-refractivity contribution >= 4 is 28.1 Å². The number of hydrogen-bond donors (Lipinski definition) is 1. The summed E-state index contributed by atoms with van der Waals surface area (Å²) in [6.07, 6.45) is 0.952. The van der Waals surface area contributed by atoms with E-state index in [1.165, 1.54) is 0 Å². The molecule has 1 aliphatic heterocycles. The lowest BCUT2D eigenvalue weighted by molar-refractivity contribution is 0.102. The van der Waals surface area contributed by atoms with Gasteiger partial charge in [0.2, 0.25) is 0 Å². The van der Waals surface area contributed by atoms with Crippen molar-refractivity contribution in [2.75, 3.05) is 43.1 Å². The smallest absolute Gasteiger partial charge is 0.255 e. The summed E-state index contributed by atoms with van der Waals surface area (Å²) in [5.41, 5.74) is 3.32. The number of nitrogens with zero attached hydrogens (tertiary/aromatic N) is 2. The average molecular weight is 424 g/mol. The van der Waals surface area contributed by atoms with Crippen LogP contribution in [0.4, 0.5) is 10.8 Å². The van der Waals surface area contributed by atoms with Crippen LogP contribution >= 0.6 is 11.3 Å². The molecule has 7 heteroatoms. The fraction of sp³-hybridized carbons (Fsp3) is 0.304. The largest absolute Gasteiger partial charge is 0.494 e. The number of hydrogen-bond acceptors (Lipinski definition) is 6. The molecule has 30 heavy (non-hydrogen) atoms. The van der Waals surface area contributed by atoms with Gasteiger partial charge in [-0.1, -0.05) is 19.1 Å². The van der Waals surface area contributed by atoms with Crippen molar-refractivity contribution in [1.29, 1.82) is 0 Å². The zero-order valence-electron chi connectivity index (χ0n) is 17.0. The van der Waals surface area contributed by atoms with E-state index in [4.69, 9.17) is 14.5 Å². The fourth-order valence-electron chi connectivity index (χ4n) is 3.15. The van der Waals surface area contributed by atoms with Gasteiger partial charge in [0, 0.05) is 35.3 Å². The molecular formula is C23H25N3O3S. The number of amides is 1. The molecular weight excluding hydrogens is 398 g/mol. The number of ether oxygens (including phenoxy) is 2. The lowest BCUT2D eigenvalue weighted by Gasteiger charge is -2.26. The second kappa shape index (κ2) is 9.73. The van der Waals surface area contributed by atoms with Crippen molar-refractivity contribution in [3.8, 4) is 17.0 Å². The standard InChI is InChI=1S/C23H25N3O3S/c1-2-13-29-20-9-5-18(6-10-20)22(27)24-19-7-3-17(4-8-19)21-16-30-23(25-21)26-11-14-28-15-12-26/h3-10,16H,2,11-15H2,1H3,(H,24,27). The van der Waals surface area contributed by atoms with E-state index in [1.54, 1.807) is 23.5 Å². The Balaban J connectivity index is 1.37. The van der Waals surface area contributed by atoms with Crippen LogP contribution in [0.25, 0.3) is 11.3 Å². The third-order valence-corrected chi connectivity index (χ3v) is 5.70. The van der Waals surface area contributed by atoms with Crippen LogP contribution in [0.5, 0.6) is 5.75 Å². The Morgan fingerprint density at radius 1 is 1.13 bits per heavy atom. The molecule has 156 valence electrons. The molecule has 2 aromatic carbocycles. The Morgan fingerprint density at radius 3 is 2.57 bits per heavy atom. The summed E-state index contributed by atoms with van der Waals surface area (Å²) < 4.78 is 11.0. The Bertz CT molecular complexity index is 964. The number of anilines is 2. The summed E-state index contributed by atoms with van der Waals surface area (Å²) in [6.45, 7) is 5.98. The van der Waals surface area contributed by atoms with Crippen LogP contribution < -0.4 is 15.0 Å². The fourth-order valence-corrected chi connectivity index (χ4v) is 4.04. The molecule has 0 unspecified atom stereocenters. The number of nitrogens with one attached hydrogen (secondary N) is 1. The van der Waals surface area contributed by atoms with Crippen molar-refractivity contribution in [2.24, 2.45) is 0 Å². The SMILES string of the molecule is CCCOc1ccc(C(=O)Nc2ccc(-c3csc(N4CCOCC4)n3)cc2)cc1. The number of carbonyl (C=O) groups excluding carboxylic acids is 1. The van der Waals surface area contributed by atoms with Gasteiger partial charge in [-0.05, 0) is 42.8 Å². The number of carbonyl (C=O) groups is 1. The molecule has 0 radical (unpaired) electrons. The summed E-state index contributed by atoms with van der Waals surface area (Å²) in [4.78, 5) is 19.5. The van der Waals surface area contributed by atoms with Gasteiger partial charge in [-0.3, -0.25) is 4.79 Å². The molecule has 1 aliphatic rings. The first-order chi connectivity index (χ1) is 14.7. The topological polar surface area (TPSA) is 63.7 Å². The van der Waals surface area contributed by atoms with E-state index >= 15 is 0 Å². The highest BCUT2D eigenvalue weighted by Gasteiger charge is 2.15. The average Bonchev–Trinajstić information content (AvgIpc) is 3.29. The summed E-state index contributed by atoms with van der Waals surface area (Å²) >= 11 is 1.65. The molecule has 6 nitrogen and oxygen atoms in total. The molecule has 0 spiro atoms. The van der Waals surface area contributed by atoms with E-state index in [-0.39, 0.29) is 5.91 Å². The van der Waals surface area contributed by atoms with Gasteiger partial charge in [0.05, 0.1) is 25.5 Å². The van der Waals surface area contributed by atoms with Crippen molar-refractivity contribution in [2.45, 2.75) is 13.3 Å². The lowest BCUT2D eigenvalue weighted by Crippen LogP contribution is -2.36. The molecule has 4 rings (SSSR count). The second-order valence-corrected chi connectivity index (χ2v) is 7.86. The van der Waals surface area contributed by atoms with Crippen molar-refractivity contribution in [1.82, 2.24) is 4.98 Å². The Morgan fingerprint density at radius 2 is 1.87 bits per heavy atom. The minimum absolute atomic E-state index is 0.145. The van der Waals surface area contributed by atoms with Gasteiger partial charge in [-0.25, -0.2) is 4.98 Å². The predicted molar refractivity (Wildman–Crippen MR) is 121 cm³/mol. The van der Waals surface area contributed by atoms with Crippen LogP contribution in [-0.2, 0) is 4.74 Å². The molecule has 0 saturated carbocycles. The number of morpholine rings is 1. The minimum atomic E-state index is -0.145. The minimum Gasteiger partial charge on any atom is -0.494 e. The summed E-state index contributed by atoms with van der Waals surface area (Å²) in [7, 11) is 0. The van der Waals surface area contributed by atoms with Crippen LogP contribution in [0.2, 0.25) is 0 Å². The van der Waals surface area contributed by atoms with E-state index in [1.807, 2.05) is 36.4 Å². The van der Waals surface area contributed by atoms with E-state index in [2.05, 4.69) is 22.5 Å². The van der Waals surface area contributed by atoms with Gasteiger partial charge in [0.1, 0.15) is 5.75 Å². The number of aromatic nitrogens is 1. The summed E-state index contributed by atoms with van der Waals surface area (Å²) in [5.74, 6) is 0.630. The zero-order chi connectivity index (χ0) is 20.8. The molecule has 1 amide bonds. The molecule has 1 saturated heterocycles. The number of thiazole rings is 1. The molecule has 2 heterocycles. The number of rotatable bonds is 7. The van der Waals surface area contributed by atoms with Gasteiger partial charge < -0.3 is 19.7 Å². The zero-order valence-corrected chi connectivity index (χ0v) is 17.8. The molecule has 1 N–H and O–H groups in total. The maximum Gasteiger partial charge on any atom is 0.255 e. The molecule has 3 aromatic rings. The summed E-state index contributed by atoms with van der Waals surface area (Å²) in [6, 6.07) is 15.0. The summed E-state index contributed by atoms with van der Waals surface area (Å²) in [5, 5.41) is 6.03. The van der Waals surface area contributed by atoms with Crippen LogP contribution in [0.15, 0.2) is 53.9 Å². The highest BCUT2D eigenvalue weighted by molar-refractivity contribution is 7.14. The Labute approximate surface area is 180 Å². The third-order valence-electron chi connectivity index (χ3n) is 4.80. The second-order valence-electron chi connectivity index (χ2n) is 7.02. The van der Waals surface area contributed by atoms with E-state index < -0.39 is 0 Å². The Kier molecular flexibility index (Phi) is 6.61. The normalized spacial score (nSPS) is 13.8. The quantitative estimate of drug-likeness (QED) is 0.597. The highest BCUT2D eigenvalue weighted by atomic mass is 32.1. The molecule has 0 bridgehead atoms. The predicted octanol–water partition coefficient (Wildman–Crippen LogP) is 4.69. The van der Waals surface area contributed by atoms with Gasteiger partial charge in [0.25, 0.3) is 5.91 Å². The molecule has 1 fully saturated rings. The first kappa shape index (κ1) is 20.4. The third kappa shape index (κ3) is 4.98. The van der Waals surface area contributed by atoms with Crippen molar-refractivity contribution < 1.29 is 14.3 Å². The first-order valence-electron chi connectivity index (χ1n) is 10.2. The van der Waals surface area contributed by atoms with Crippen LogP contribution in [0.1, 0.15) is 23.7 Å².